The third kappa shape index (κ3) is 9.58. The first-order valence-electron chi connectivity index (χ1n) is 11.2. The van der Waals surface area contributed by atoms with Gasteiger partial charge in [0.25, 0.3) is 0 Å². The van der Waals surface area contributed by atoms with Gasteiger partial charge in [0.05, 0.1) is 0 Å². The largest absolute Gasteiger partial charge is 0.458 e. The molecule has 174 valence electrons. The molecule has 4 nitrogen and oxygen atoms in total. The summed E-state index contributed by atoms with van der Waals surface area (Å²) < 4.78 is 36.7. The van der Waals surface area contributed by atoms with Gasteiger partial charge in [0, 0.05) is 12.8 Å². The van der Waals surface area contributed by atoms with Crippen molar-refractivity contribution in [3.63, 3.8) is 0 Å². The predicted molar refractivity (Wildman–Crippen MR) is 119 cm³/mol. The van der Waals surface area contributed by atoms with Gasteiger partial charge >= 0.3 is 11.9 Å². The van der Waals surface area contributed by atoms with Gasteiger partial charge in [0.15, 0.2) is 0 Å². The van der Waals surface area contributed by atoms with Crippen molar-refractivity contribution in [3.8, 4) is 0 Å². The van der Waals surface area contributed by atoms with Crippen molar-refractivity contribution in [1.82, 2.24) is 0 Å². The van der Waals surface area contributed by atoms with Crippen LogP contribution in [0.2, 0.25) is 0 Å². The number of hydrogen-bond donors (Lipinski definition) is 0. The van der Waals surface area contributed by atoms with Crippen LogP contribution in [0, 0.1) is 11.6 Å². The Labute approximate surface area is 188 Å². The number of halogens is 2. The SMILES string of the molecule is CC(OC(=O)CCCCCCCCC(=O)OC(C)c1ccc(F)cc1)c1ccc(F)cc1. The quantitative estimate of drug-likeness (QED) is 0.246. The molecular weight excluding hydrogens is 414 g/mol. The number of ether oxygens (including phenoxy) is 2. The molecule has 2 atom stereocenters. The van der Waals surface area contributed by atoms with Crippen LogP contribution in [0.1, 0.15) is 88.5 Å². The standard InChI is InChI=1S/C26H32F2O4/c1-19(21-11-15-23(27)16-12-21)31-25(29)9-7-5-3-4-6-8-10-26(30)32-20(2)22-13-17-24(28)18-14-22/h11-20H,3-10H2,1-2H3. The summed E-state index contributed by atoms with van der Waals surface area (Å²) in [6.45, 7) is 3.55. The number of hydrogen-bond acceptors (Lipinski definition) is 4. The average molecular weight is 447 g/mol. The average Bonchev–Trinajstić information content (AvgIpc) is 2.76. The van der Waals surface area contributed by atoms with Crippen LogP contribution in [-0.2, 0) is 19.1 Å². The van der Waals surface area contributed by atoms with E-state index in [9.17, 15) is 18.4 Å². The lowest BCUT2D eigenvalue weighted by Gasteiger charge is -2.14. The van der Waals surface area contributed by atoms with Gasteiger partial charge in [-0.1, -0.05) is 49.9 Å². The van der Waals surface area contributed by atoms with E-state index in [1.807, 2.05) is 0 Å². The summed E-state index contributed by atoms with van der Waals surface area (Å²) in [5, 5.41) is 0. The van der Waals surface area contributed by atoms with Gasteiger partial charge in [-0.2, -0.15) is 0 Å². The van der Waals surface area contributed by atoms with Crippen LogP contribution in [0.5, 0.6) is 0 Å². The molecular formula is C26H32F2O4. The van der Waals surface area contributed by atoms with E-state index in [4.69, 9.17) is 9.47 Å². The van der Waals surface area contributed by atoms with Crippen LogP contribution < -0.4 is 0 Å². The van der Waals surface area contributed by atoms with Crippen LogP contribution in [0.15, 0.2) is 48.5 Å². The normalized spacial score (nSPS) is 12.8. The van der Waals surface area contributed by atoms with Crippen molar-refractivity contribution in [3.05, 3.63) is 71.3 Å². The Kier molecular flexibility index (Phi) is 10.8. The van der Waals surface area contributed by atoms with E-state index in [2.05, 4.69) is 0 Å². The van der Waals surface area contributed by atoms with E-state index in [-0.39, 0.29) is 23.6 Å². The maximum absolute atomic E-state index is 13.0. The highest BCUT2D eigenvalue weighted by molar-refractivity contribution is 5.70. The minimum Gasteiger partial charge on any atom is -0.458 e. The molecule has 2 aromatic carbocycles. The van der Waals surface area contributed by atoms with Gasteiger partial charge in [-0.15, -0.1) is 0 Å². The van der Waals surface area contributed by atoms with Gasteiger partial charge in [-0.25, -0.2) is 8.78 Å². The number of rotatable bonds is 13. The minimum atomic E-state index is -0.395. The maximum Gasteiger partial charge on any atom is 0.306 e. The van der Waals surface area contributed by atoms with Crippen LogP contribution >= 0.6 is 0 Å². The lowest BCUT2D eigenvalue weighted by Crippen LogP contribution is -2.09. The molecule has 0 spiro atoms. The van der Waals surface area contributed by atoms with Crippen molar-refractivity contribution in [2.45, 2.75) is 77.4 Å². The minimum absolute atomic E-state index is 0.250. The zero-order valence-electron chi connectivity index (χ0n) is 18.8. The summed E-state index contributed by atoms with van der Waals surface area (Å²) in [5.74, 6) is -1.13. The van der Waals surface area contributed by atoms with Crippen LogP contribution in [0.3, 0.4) is 0 Å². The lowest BCUT2D eigenvalue weighted by molar-refractivity contribution is -0.149. The van der Waals surface area contributed by atoms with Crippen LogP contribution in [-0.4, -0.2) is 11.9 Å². The number of benzene rings is 2. The molecule has 0 saturated heterocycles. The Morgan fingerprint density at radius 2 is 0.938 bits per heavy atom. The zero-order chi connectivity index (χ0) is 23.3. The Hall–Kier alpha value is -2.76. The van der Waals surface area contributed by atoms with E-state index in [1.165, 1.54) is 24.3 Å². The van der Waals surface area contributed by atoms with Crippen LogP contribution in [0.4, 0.5) is 8.78 Å². The fraction of sp³-hybridized carbons (Fsp3) is 0.462. The van der Waals surface area contributed by atoms with Crippen molar-refractivity contribution < 1.29 is 27.8 Å². The van der Waals surface area contributed by atoms with E-state index < -0.39 is 12.2 Å². The van der Waals surface area contributed by atoms with Crippen molar-refractivity contribution >= 4 is 11.9 Å². The first-order valence-corrected chi connectivity index (χ1v) is 11.2. The molecule has 0 bridgehead atoms. The maximum atomic E-state index is 13.0. The highest BCUT2D eigenvalue weighted by Crippen LogP contribution is 2.20. The number of unbranched alkanes of at least 4 members (excludes halogenated alkanes) is 5. The van der Waals surface area contributed by atoms with Gasteiger partial charge in [0.1, 0.15) is 23.8 Å². The first-order chi connectivity index (χ1) is 15.3. The van der Waals surface area contributed by atoms with E-state index in [0.29, 0.717) is 12.8 Å². The topological polar surface area (TPSA) is 52.6 Å². The van der Waals surface area contributed by atoms with E-state index >= 15 is 0 Å². The van der Waals surface area contributed by atoms with Gasteiger partial charge in [-0.3, -0.25) is 9.59 Å². The van der Waals surface area contributed by atoms with Crippen molar-refractivity contribution in [2.75, 3.05) is 0 Å². The van der Waals surface area contributed by atoms with E-state index in [1.54, 1.807) is 38.1 Å². The summed E-state index contributed by atoms with van der Waals surface area (Å²) in [5.41, 5.74) is 1.54. The Morgan fingerprint density at radius 3 is 1.28 bits per heavy atom. The summed E-state index contributed by atoms with van der Waals surface area (Å²) in [4.78, 5) is 23.9. The Balaban J connectivity index is 1.48. The molecule has 2 rings (SSSR count). The molecule has 0 N–H and O–H groups in total. The highest BCUT2D eigenvalue weighted by atomic mass is 19.1. The van der Waals surface area contributed by atoms with Gasteiger partial charge in [-0.05, 0) is 62.1 Å². The zero-order valence-corrected chi connectivity index (χ0v) is 18.8. The van der Waals surface area contributed by atoms with Crippen molar-refractivity contribution in [2.24, 2.45) is 0 Å². The number of esters is 2. The molecule has 0 heterocycles. The van der Waals surface area contributed by atoms with Gasteiger partial charge < -0.3 is 9.47 Å². The fourth-order valence-electron chi connectivity index (χ4n) is 3.36. The molecule has 32 heavy (non-hydrogen) atoms. The summed E-state index contributed by atoms with van der Waals surface area (Å²) in [6.07, 6.45) is 5.26. The summed E-state index contributed by atoms with van der Waals surface area (Å²) in [6, 6.07) is 11.9. The van der Waals surface area contributed by atoms with E-state index in [0.717, 1.165) is 49.7 Å². The second-order valence-corrected chi connectivity index (χ2v) is 7.99. The number of carbonyl (C=O) groups excluding carboxylic acids is 2. The molecule has 0 aliphatic heterocycles. The molecule has 0 amide bonds. The Bertz CT molecular complexity index is 762. The molecule has 0 radical (unpaired) electrons. The summed E-state index contributed by atoms with van der Waals surface area (Å²) >= 11 is 0. The fourth-order valence-corrected chi connectivity index (χ4v) is 3.36. The third-order valence-corrected chi connectivity index (χ3v) is 5.31. The first kappa shape index (κ1) is 25.5. The molecule has 0 aliphatic carbocycles. The molecule has 0 fully saturated rings. The third-order valence-electron chi connectivity index (χ3n) is 5.31. The summed E-state index contributed by atoms with van der Waals surface area (Å²) in [7, 11) is 0. The second kappa shape index (κ2) is 13.6. The van der Waals surface area contributed by atoms with Crippen molar-refractivity contribution in [1.29, 1.82) is 0 Å². The molecule has 0 saturated carbocycles. The molecule has 2 unspecified atom stereocenters. The van der Waals surface area contributed by atoms with Gasteiger partial charge in [0.2, 0.25) is 0 Å². The van der Waals surface area contributed by atoms with Crippen LogP contribution in [0.25, 0.3) is 0 Å². The predicted octanol–water partition coefficient (Wildman–Crippen LogP) is 6.99. The molecule has 0 aliphatic rings. The highest BCUT2D eigenvalue weighted by Gasteiger charge is 2.13. The molecule has 6 heteroatoms. The number of carbonyl (C=O) groups is 2. The smallest absolute Gasteiger partial charge is 0.306 e. The second-order valence-electron chi connectivity index (χ2n) is 7.99. The lowest BCUT2D eigenvalue weighted by atomic mass is 10.1. The Morgan fingerprint density at radius 1 is 0.625 bits per heavy atom. The molecule has 0 aromatic heterocycles. The monoisotopic (exact) mass is 446 g/mol. The molecule has 2 aromatic rings.